The molecular formula is C10H6F2N2O. The second-order valence-corrected chi connectivity index (χ2v) is 2.91. The predicted octanol–water partition coefficient (Wildman–Crippen LogP) is 1.72. The molecule has 2 heterocycles. The molecule has 0 unspecified atom stereocenters. The Kier molecular flexibility index (Phi) is 2.29. The fourth-order valence-electron chi connectivity index (χ4n) is 1.21. The van der Waals surface area contributed by atoms with Gasteiger partial charge in [-0.25, -0.2) is 0 Å². The predicted molar refractivity (Wildman–Crippen MR) is 50.2 cm³/mol. The lowest BCUT2D eigenvalue weighted by Crippen LogP contribution is -2.00. The van der Waals surface area contributed by atoms with Crippen LogP contribution in [-0.4, -0.2) is 9.97 Å². The van der Waals surface area contributed by atoms with Gasteiger partial charge in [0.2, 0.25) is 11.9 Å². The molecule has 0 aliphatic carbocycles. The molecule has 0 atom stereocenters. The monoisotopic (exact) mass is 208 g/mol. The number of rotatable bonds is 1. The van der Waals surface area contributed by atoms with Crippen LogP contribution in [0, 0.1) is 11.9 Å². The van der Waals surface area contributed by atoms with Crippen molar-refractivity contribution in [2.24, 2.45) is 0 Å². The van der Waals surface area contributed by atoms with Crippen molar-refractivity contribution in [1.29, 1.82) is 0 Å². The first-order valence-electron chi connectivity index (χ1n) is 4.18. The van der Waals surface area contributed by atoms with E-state index in [9.17, 15) is 13.6 Å². The molecule has 0 radical (unpaired) electrons. The highest BCUT2D eigenvalue weighted by molar-refractivity contribution is 5.57. The van der Waals surface area contributed by atoms with E-state index in [1.165, 1.54) is 24.4 Å². The molecule has 0 bridgehead atoms. The molecule has 15 heavy (non-hydrogen) atoms. The molecule has 0 aromatic carbocycles. The SMILES string of the molecule is O=c1cc[nH]c(-c2ccc(F)nc2F)c1. The van der Waals surface area contributed by atoms with Crippen molar-refractivity contribution in [3.8, 4) is 11.3 Å². The molecule has 3 nitrogen and oxygen atoms in total. The van der Waals surface area contributed by atoms with Gasteiger partial charge in [0.25, 0.3) is 0 Å². The number of hydrogen-bond donors (Lipinski definition) is 1. The summed E-state index contributed by atoms with van der Waals surface area (Å²) in [5, 5.41) is 0. The Morgan fingerprint density at radius 3 is 2.67 bits per heavy atom. The minimum atomic E-state index is -0.947. The number of H-pyrrole nitrogens is 1. The first kappa shape index (κ1) is 9.51. The van der Waals surface area contributed by atoms with Gasteiger partial charge in [0.15, 0.2) is 5.43 Å². The average molecular weight is 208 g/mol. The van der Waals surface area contributed by atoms with Crippen LogP contribution in [0.4, 0.5) is 8.78 Å². The summed E-state index contributed by atoms with van der Waals surface area (Å²) in [5.74, 6) is -1.84. The van der Waals surface area contributed by atoms with Crippen molar-refractivity contribution in [3.05, 3.63) is 52.6 Å². The van der Waals surface area contributed by atoms with Gasteiger partial charge in [-0.3, -0.25) is 4.79 Å². The van der Waals surface area contributed by atoms with E-state index in [4.69, 9.17) is 0 Å². The summed E-state index contributed by atoms with van der Waals surface area (Å²) in [5.41, 5.74) is 0.0778. The van der Waals surface area contributed by atoms with Gasteiger partial charge in [-0.05, 0) is 12.1 Å². The Morgan fingerprint density at radius 1 is 1.20 bits per heavy atom. The van der Waals surface area contributed by atoms with E-state index in [0.717, 1.165) is 6.07 Å². The van der Waals surface area contributed by atoms with Crippen LogP contribution >= 0.6 is 0 Å². The lowest BCUT2D eigenvalue weighted by molar-refractivity contribution is 0.515. The summed E-state index contributed by atoms with van der Waals surface area (Å²) in [4.78, 5) is 16.7. The maximum atomic E-state index is 13.2. The molecule has 2 aromatic rings. The third-order valence-corrected chi connectivity index (χ3v) is 1.88. The summed E-state index contributed by atoms with van der Waals surface area (Å²) in [7, 11) is 0. The molecule has 0 fully saturated rings. The molecule has 0 saturated heterocycles. The van der Waals surface area contributed by atoms with Crippen LogP contribution in [0.1, 0.15) is 0 Å². The van der Waals surface area contributed by atoms with Crippen LogP contribution in [0.25, 0.3) is 11.3 Å². The smallest absolute Gasteiger partial charge is 0.224 e. The van der Waals surface area contributed by atoms with Crippen molar-refractivity contribution in [1.82, 2.24) is 9.97 Å². The van der Waals surface area contributed by atoms with Gasteiger partial charge in [0.05, 0.1) is 11.3 Å². The normalized spacial score (nSPS) is 10.3. The third-order valence-electron chi connectivity index (χ3n) is 1.88. The van der Waals surface area contributed by atoms with Gasteiger partial charge in [-0.1, -0.05) is 0 Å². The molecule has 0 aliphatic rings. The Hall–Kier alpha value is -2.04. The highest BCUT2D eigenvalue weighted by atomic mass is 19.1. The minimum absolute atomic E-state index is 0.0640. The van der Waals surface area contributed by atoms with Crippen LogP contribution < -0.4 is 5.43 Å². The number of pyridine rings is 2. The zero-order valence-corrected chi connectivity index (χ0v) is 7.50. The standard InChI is InChI=1S/C10H6F2N2O/c11-9-2-1-7(10(12)14-9)8-5-6(15)3-4-13-8/h1-5H,(H,13,15). The molecule has 0 spiro atoms. The minimum Gasteiger partial charge on any atom is -0.361 e. The summed E-state index contributed by atoms with van der Waals surface area (Å²) >= 11 is 0. The fourth-order valence-corrected chi connectivity index (χ4v) is 1.21. The number of aromatic amines is 1. The third kappa shape index (κ3) is 1.90. The zero-order valence-electron chi connectivity index (χ0n) is 7.50. The Balaban J connectivity index is 2.59. The summed E-state index contributed by atoms with van der Waals surface area (Å²) in [6, 6.07) is 4.78. The van der Waals surface area contributed by atoms with E-state index in [-0.39, 0.29) is 16.7 Å². The summed E-state index contributed by atoms with van der Waals surface area (Å²) < 4.78 is 25.7. The number of hydrogen-bond acceptors (Lipinski definition) is 2. The van der Waals surface area contributed by atoms with Crippen LogP contribution in [0.5, 0.6) is 0 Å². The molecule has 1 N–H and O–H groups in total. The van der Waals surface area contributed by atoms with Crippen molar-refractivity contribution >= 4 is 0 Å². The fraction of sp³-hybridized carbons (Fsp3) is 0. The topological polar surface area (TPSA) is 45.8 Å². The lowest BCUT2D eigenvalue weighted by Gasteiger charge is -2.01. The average Bonchev–Trinajstić information content (AvgIpc) is 2.17. The van der Waals surface area contributed by atoms with Gasteiger partial charge >= 0.3 is 0 Å². The van der Waals surface area contributed by atoms with Crippen molar-refractivity contribution in [3.63, 3.8) is 0 Å². The highest BCUT2D eigenvalue weighted by Crippen LogP contribution is 2.17. The second-order valence-electron chi connectivity index (χ2n) is 2.91. The number of nitrogens with zero attached hydrogens (tertiary/aromatic N) is 1. The second kappa shape index (κ2) is 3.61. The van der Waals surface area contributed by atoms with Crippen LogP contribution in [0.15, 0.2) is 35.3 Å². The van der Waals surface area contributed by atoms with Crippen LogP contribution in [-0.2, 0) is 0 Å². The molecule has 2 aromatic heterocycles. The number of halogens is 2. The molecule has 2 rings (SSSR count). The van der Waals surface area contributed by atoms with Crippen molar-refractivity contribution in [2.45, 2.75) is 0 Å². The largest absolute Gasteiger partial charge is 0.361 e. The maximum absolute atomic E-state index is 13.2. The molecular weight excluding hydrogens is 202 g/mol. The van der Waals surface area contributed by atoms with E-state index in [1.807, 2.05) is 0 Å². The molecule has 76 valence electrons. The summed E-state index contributed by atoms with van der Waals surface area (Å²) in [6.07, 6.45) is 1.39. The number of aromatic nitrogens is 2. The maximum Gasteiger partial charge on any atom is 0.224 e. The van der Waals surface area contributed by atoms with E-state index < -0.39 is 11.9 Å². The van der Waals surface area contributed by atoms with Gasteiger partial charge in [0.1, 0.15) is 0 Å². The highest BCUT2D eigenvalue weighted by Gasteiger charge is 2.07. The van der Waals surface area contributed by atoms with Crippen LogP contribution in [0.3, 0.4) is 0 Å². The van der Waals surface area contributed by atoms with E-state index in [0.29, 0.717) is 0 Å². The number of nitrogens with one attached hydrogen (secondary N) is 1. The van der Waals surface area contributed by atoms with Crippen molar-refractivity contribution < 1.29 is 8.78 Å². The van der Waals surface area contributed by atoms with Crippen molar-refractivity contribution in [2.75, 3.05) is 0 Å². The molecule has 5 heteroatoms. The Labute approximate surface area is 83.4 Å². The first-order valence-corrected chi connectivity index (χ1v) is 4.18. The summed E-state index contributed by atoms with van der Waals surface area (Å²) in [6.45, 7) is 0. The van der Waals surface area contributed by atoms with Gasteiger partial charge in [-0.15, -0.1) is 0 Å². The Morgan fingerprint density at radius 2 is 2.00 bits per heavy atom. The Bertz CT molecular complexity index is 551. The van der Waals surface area contributed by atoms with Gasteiger partial charge in [0, 0.05) is 18.3 Å². The zero-order chi connectivity index (χ0) is 10.8. The van der Waals surface area contributed by atoms with Gasteiger partial charge < -0.3 is 4.98 Å². The van der Waals surface area contributed by atoms with Crippen LogP contribution in [0.2, 0.25) is 0 Å². The van der Waals surface area contributed by atoms with Gasteiger partial charge in [-0.2, -0.15) is 13.8 Å². The molecule has 0 amide bonds. The van der Waals surface area contributed by atoms with E-state index in [1.54, 1.807) is 0 Å². The quantitative estimate of drug-likeness (QED) is 0.725. The molecule has 0 saturated carbocycles. The first-order chi connectivity index (χ1) is 7.16. The van der Waals surface area contributed by atoms with E-state index in [2.05, 4.69) is 9.97 Å². The lowest BCUT2D eigenvalue weighted by atomic mass is 10.2. The molecule has 0 aliphatic heterocycles. The van der Waals surface area contributed by atoms with E-state index >= 15 is 0 Å².